The van der Waals surface area contributed by atoms with Gasteiger partial charge in [-0.3, -0.25) is 9.59 Å². The Balaban J connectivity index is 1.54. The van der Waals surface area contributed by atoms with Crippen molar-refractivity contribution in [1.29, 1.82) is 0 Å². The number of aliphatic hydroxyl groups excluding tert-OH is 1. The lowest BCUT2D eigenvalue weighted by Crippen LogP contribution is -2.52. The van der Waals surface area contributed by atoms with E-state index < -0.39 is 0 Å². The van der Waals surface area contributed by atoms with E-state index in [2.05, 4.69) is 15.5 Å². The predicted molar refractivity (Wildman–Crippen MR) is 92.3 cm³/mol. The van der Waals surface area contributed by atoms with Crippen LogP contribution < -0.4 is 0 Å². The number of likely N-dealkylation sites (tertiary alicyclic amines) is 1. The number of carbonyl (C=O) groups is 2. The third-order valence-electron chi connectivity index (χ3n) is 4.68. The number of nitrogens with zero attached hydrogens (tertiary/aromatic N) is 6. The van der Waals surface area contributed by atoms with Crippen molar-refractivity contribution in [3.63, 3.8) is 0 Å². The van der Waals surface area contributed by atoms with E-state index in [-0.39, 0.29) is 36.1 Å². The summed E-state index contributed by atoms with van der Waals surface area (Å²) in [7, 11) is 1.72. The molecule has 10 nitrogen and oxygen atoms in total. The number of amides is 2. The Labute approximate surface area is 155 Å². The molecule has 1 N–H and O–H groups in total. The zero-order valence-electron chi connectivity index (χ0n) is 14.8. The van der Waals surface area contributed by atoms with Crippen LogP contribution in [0.15, 0.2) is 5.16 Å². The molecule has 11 heteroatoms. The maximum Gasteiger partial charge on any atom is 0.233 e. The lowest BCUT2D eigenvalue weighted by molar-refractivity contribution is -0.142. The molecular weight excluding hydrogens is 360 g/mol. The van der Waals surface area contributed by atoms with Gasteiger partial charge in [-0.1, -0.05) is 11.8 Å². The van der Waals surface area contributed by atoms with E-state index >= 15 is 0 Å². The van der Waals surface area contributed by atoms with Crippen molar-refractivity contribution in [2.24, 2.45) is 7.05 Å². The molecule has 0 saturated carbocycles. The van der Waals surface area contributed by atoms with Crippen LogP contribution in [-0.2, 0) is 21.4 Å². The average Bonchev–Trinajstić information content (AvgIpc) is 3.05. The lowest BCUT2D eigenvalue weighted by atomic mass is 10.1. The van der Waals surface area contributed by atoms with Gasteiger partial charge in [-0.05, 0) is 23.3 Å². The van der Waals surface area contributed by atoms with Gasteiger partial charge in [0.15, 0.2) is 0 Å². The summed E-state index contributed by atoms with van der Waals surface area (Å²) in [6, 6.07) is -0.256. The molecule has 0 radical (unpaired) electrons. The summed E-state index contributed by atoms with van der Waals surface area (Å²) >= 11 is 1.28. The van der Waals surface area contributed by atoms with Crippen LogP contribution in [0.5, 0.6) is 0 Å². The van der Waals surface area contributed by atoms with Crippen molar-refractivity contribution in [3.05, 3.63) is 0 Å². The minimum Gasteiger partial charge on any atom is -0.393 e. The van der Waals surface area contributed by atoms with Crippen LogP contribution in [-0.4, -0.2) is 97.7 Å². The van der Waals surface area contributed by atoms with Gasteiger partial charge in [0.05, 0.1) is 31.1 Å². The molecule has 3 heterocycles. The fourth-order valence-electron chi connectivity index (χ4n) is 3.15. The predicted octanol–water partition coefficient (Wildman–Crippen LogP) is -1.10. The van der Waals surface area contributed by atoms with E-state index in [1.807, 2.05) is 0 Å². The Bertz CT molecular complexity index is 633. The second-order valence-corrected chi connectivity index (χ2v) is 7.45. The van der Waals surface area contributed by atoms with Gasteiger partial charge >= 0.3 is 0 Å². The highest BCUT2D eigenvalue weighted by molar-refractivity contribution is 7.99. The molecule has 2 amide bonds. The number of hydrogen-bond acceptors (Lipinski definition) is 8. The van der Waals surface area contributed by atoms with E-state index in [1.54, 1.807) is 16.8 Å². The number of thioether (sulfide) groups is 1. The highest BCUT2D eigenvalue weighted by Crippen LogP contribution is 2.19. The fourth-order valence-corrected chi connectivity index (χ4v) is 3.89. The summed E-state index contributed by atoms with van der Waals surface area (Å²) < 4.78 is 7.01. The summed E-state index contributed by atoms with van der Waals surface area (Å²) in [6.07, 6.45) is 1.15. The summed E-state index contributed by atoms with van der Waals surface area (Å²) in [5.74, 6) is 0.179. The summed E-state index contributed by atoms with van der Waals surface area (Å²) in [5.41, 5.74) is 0. The van der Waals surface area contributed by atoms with Crippen molar-refractivity contribution in [3.8, 4) is 0 Å². The van der Waals surface area contributed by atoms with Crippen molar-refractivity contribution in [2.75, 3.05) is 38.6 Å². The summed E-state index contributed by atoms with van der Waals surface area (Å²) in [5, 5.41) is 21.3. The van der Waals surface area contributed by atoms with Crippen molar-refractivity contribution in [1.82, 2.24) is 30.0 Å². The maximum atomic E-state index is 12.6. The highest BCUT2D eigenvalue weighted by atomic mass is 32.2. The highest BCUT2D eigenvalue weighted by Gasteiger charge is 2.31. The van der Waals surface area contributed by atoms with Crippen LogP contribution in [0.4, 0.5) is 0 Å². The van der Waals surface area contributed by atoms with E-state index in [0.29, 0.717) is 50.8 Å². The van der Waals surface area contributed by atoms with Crippen LogP contribution in [0.2, 0.25) is 0 Å². The van der Waals surface area contributed by atoms with Crippen molar-refractivity contribution in [2.45, 2.75) is 36.6 Å². The van der Waals surface area contributed by atoms with Gasteiger partial charge in [0.25, 0.3) is 0 Å². The Kier molecular flexibility index (Phi) is 6.43. The number of tetrazole rings is 1. The zero-order chi connectivity index (χ0) is 18.5. The first-order chi connectivity index (χ1) is 12.5. The fraction of sp³-hybridized carbons (Fsp3) is 0.800. The van der Waals surface area contributed by atoms with Gasteiger partial charge in [0.2, 0.25) is 17.0 Å². The van der Waals surface area contributed by atoms with Crippen molar-refractivity contribution < 1.29 is 19.4 Å². The molecule has 2 saturated heterocycles. The van der Waals surface area contributed by atoms with Gasteiger partial charge in [-0.2, -0.15) is 0 Å². The van der Waals surface area contributed by atoms with Gasteiger partial charge in [-0.25, -0.2) is 4.68 Å². The van der Waals surface area contributed by atoms with Gasteiger partial charge < -0.3 is 19.6 Å². The topological polar surface area (TPSA) is 114 Å². The quantitative estimate of drug-likeness (QED) is 0.637. The number of hydrogen-bond donors (Lipinski definition) is 1. The molecular formula is C15H24N6O4S. The monoisotopic (exact) mass is 384 g/mol. The van der Waals surface area contributed by atoms with Crippen molar-refractivity contribution >= 4 is 23.6 Å². The third kappa shape index (κ3) is 4.71. The molecule has 0 aliphatic carbocycles. The second-order valence-electron chi connectivity index (χ2n) is 6.51. The largest absolute Gasteiger partial charge is 0.393 e. The number of carbonyl (C=O) groups excluding carboxylic acids is 2. The summed E-state index contributed by atoms with van der Waals surface area (Å²) in [4.78, 5) is 28.7. The van der Waals surface area contributed by atoms with Crippen LogP contribution >= 0.6 is 11.8 Å². The SMILES string of the molecule is Cn1nnnc1SCC(=O)N1CCOC[C@H]1CC(=O)N1CCC(O)CC1. The minimum atomic E-state index is -0.317. The van der Waals surface area contributed by atoms with Gasteiger partial charge in [0, 0.05) is 33.1 Å². The molecule has 1 atom stereocenters. The second kappa shape index (κ2) is 8.78. The average molecular weight is 384 g/mol. The number of piperidine rings is 1. The number of aromatic nitrogens is 4. The first-order valence-electron chi connectivity index (χ1n) is 8.73. The molecule has 0 unspecified atom stereocenters. The maximum absolute atomic E-state index is 12.6. The molecule has 2 aliphatic rings. The Morgan fingerprint density at radius 1 is 1.27 bits per heavy atom. The first kappa shape index (κ1) is 19.1. The smallest absolute Gasteiger partial charge is 0.233 e. The zero-order valence-corrected chi connectivity index (χ0v) is 15.6. The molecule has 3 rings (SSSR count). The molecule has 1 aromatic rings. The molecule has 26 heavy (non-hydrogen) atoms. The number of morpholine rings is 1. The molecule has 1 aromatic heterocycles. The Morgan fingerprint density at radius 3 is 2.73 bits per heavy atom. The molecule has 2 fully saturated rings. The summed E-state index contributed by atoms with van der Waals surface area (Å²) in [6.45, 7) is 2.45. The van der Waals surface area contributed by atoms with E-state index in [0.717, 1.165) is 0 Å². The van der Waals surface area contributed by atoms with Crippen LogP contribution in [0.25, 0.3) is 0 Å². The molecule has 2 aliphatic heterocycles. The number of aryl methyl sites for hydroxylation is 1. The number of rotatable bonds is 5. The van der Waals surface area contributed by atoms with E-state index in [9.17, 15) is 14.7 Å². The number of aliphatic hydroxyl groups is 1. The van der Waals surface area contributed by atoms with Crippen LogP contribution in [0.3, 0.4) is 0 Å². The van der Waals surface area contributed by atoms with E-state index in [4.69, 9.17) is 4.74 Å². The van der Waals surface area contributed by atoms with Crippen LogP contribution in [0.1, 0.15) is 19.3 Å². The Hall–Kier alpha value is -1.72. The Morgan fingerprint density at radius 2 is 2.04 bits per heavy atom. The molecule has 0 aromatic carbocycles. The first-order valence-corrected chi connectivity index (χ1v) is 9.71. The molecule has 144 valence electrons. The van der Waals surface area contributed by atoms with Crippen LogP contribution in [0, 0.1) is 0 Å². The van der Waals surface area contributed by atoms with Gasteiger partial charge in [-0.15, -0.1) is 5.10 Å². The normalized spacial score (nSPS) is 21.8. The standard InChI is InChI=1S/C15H24N6O4S/c1-19-15(16-17-18-19)26-10-14(24)21-6-7-25-9-11(21)8-13(23)20-4-2-12(22)3-5-20/h11-12,22H,2-10H2,1H3/t11-/m1/s1. The lowest BCUT2D eigenvalue weighted by Gasteiger charge is -2.37. The molecule has 0 spiro atoms. The number of ether oxygens (including phenoxy) is 1. The third-order valence-corrected chi connectivity index (χ3v) is 5.68. The van der Waals surface area contributed by atoms with E-state index in [1.165, 1.54) is 16.4 Å². The minimum absolute atomic E-state index is 0.00959. The van der Waals surface area contributed by atoms with Gasteiger partial charge in [0.1, 0.15) is 0 Å². The molecule has 0 bridgehead atoms.